The van der Waals surface area contributed by atoms with Gasteiger partial charge in [-0.1, -0.05) is 54.1 Å². The van der Waals surface area contributed by atoms with E-state index < -0.39 is 5.60 Å². The SMILES string of the molecule is CC(C)(C)OC(=O)N1Cc2cc(Cl)ccc2-n2c(nnc2[C@H]2CC[C@H](c3cccc4ccccc43)CC2)C1. The van der Waals surface area contributed by atoms with Crippen molar-refractivity contribution in [3.05, 3.63) is 88.5 Å². The Balaban J connectivity index is 1.29. The van der Waals surface area contributed by atoms with Crippen LogP contribution in [0.1, 0.15) is 81.1 Å². The number of rotatable bonds is 2. The molecule has 1 amide bonds. The van der Waals surface area contributed by atoms with Crippen LogP contribution in [-0.2, 0) is 17.8 Å². The van der Waals surface area contributed by atoms with Gasteiger partial charge in [0.2, 0.25) is 0 Å². The molecule has 2 heterocycles. The molecule has 0 N–H and O–H groups in total. The van der Waals surface area contributed by atoms with Gasteiger partial charge in [0.05, 0.1) is 18.8 Å². The minimum atomic E-state index is -0.581. The number of hydrogen-bond acceptors (Lipinski definition) is 4. The summed E-state index contributed by atoms with van der Waals surface area (Å²) in [7, 11) is 0. The van der Waals surface area contributed by atoms with Crippen LogP contribution in [0, 0.1) is 0 Å². The highest BCUT2D eigenvalue weighted by Crippen LogP contribution is 2.43. The Morgan fingerprint density at radius 2 is 1.66 bits per heavy atom. The van der Waals surface area contributed by atoms with E-state index in [4.69, 9.17) is 21.4 Å². The molecular formula is C31H33ClN4O2. The Bertz CT molecular complexity index is 1490. The molecular weight excluding hydrogens is 496 g/mol. The lowest BCUT2D eigenvalue weighted by molar-refractivity contribution is 0.0214. The summed E-state index contributed by atoms with van der Waals surface area (Å²) in [5, 5.41) is 12.6. The first-order chi connectivity index (χ1) is 18.3. The van der Waals surface area contributed by atoms with E-state index in [1.165, 1.54) is 16.3 Å². The summed E-state index contributed by atoms with van der Waals surface area (Å²) in [6, 6.07) is 21.2. The van der Waals surface area contributed by atoms with Crippen molar-refractivity contribution in [1.29, 1.82) is 0 Å². The lowest BCUT2D eigenvalue weighted by atomic mass is 9.77. The molecule has 2 aliphatic rings. The molecule has 38 heavy (non-hydrogen) atoms. The van der Waals surface area contributed by atoms with Crippen LogP contribution in [0.2, 0.25) is 5.02 Å². The number of halogens is 1. The van der Waals surface area contributed by atoms with E-state index in [1.807, 2.05) is 39.0 Å². The molecule has 196 valence electrons. The fourth-order valence-electron chi connectivity index (χ4n) is 6.02. The van der Waals surface area contributed by atoms with Gasteiger partial charge in [-0.15, -0.1) is 10.2 Å². The van der Waals surface area contributed by atoms with Crippen molar-refractivity contribution >= 4 is 28.5 Å². The van der Waals surface area contributed by atoms with E-state index in [0.717, 1.165) is 48.6 Å². The first-order valence-corrected chi connectivity index (χ1v) is 13.8. The first-order valence-electron chi connectivity index (χ1n) is 13.5. The molecule has 1 aliphatic heterocycles. The summed E-state index contributed by atoms with van der Waals surface area (Å²) in [5.74, 6) is 2.57. The maximum atomic E-state index is 13.1. The second kappa shape index (κ2) is 9.73. The quantitative estimate of drug-likeness (QED) is 0.266. The van der Waals surface area contributed by atoms with E-state index >= 15 is 0 Å². The Hall–Kier alpha value is -3.38. The topological polar surface area (TPSA) is 60.2 Å². The summed E-state index contributed by atoms with van der Waals surface area (Å²) >= 11 is 6.39. The average molecular weight is 529 g/mol. The van der Waals surface area contributed by atoms with Crippen molar-refractivity contribution in [2.24, 2.45) is 0 Å². The fraction of sp³-hybridized carbons (Fsp3) is 0.387. The second-order valence-electron chi connectivity index (χ2n) is 11.5. The van der Waals surface area contributed by atoms with Crippen molar-refractivity contribution in [2.75, 3.05) is 0 Å². The highest BCUT2D eigenvalue weighted by Gasteiger charge is 2.33. The minimum Gasteiger partial charge on any atom is -0.444 e. The Morgan fingerprint density at radius 3 is 2.45 bits per heavy atom. The number of benzene rings is 3. The lowest BCUT2D eigenvalue weighted by Gasteiger charge is -2.29. The third-order valence-corrected chi connectivity index (χ3v) is 7.97. The number of fused-ring (bicyclic) bond motifs is 4. The Morgan fingerprint density at radius 1 is 0.921 bits per heavy atom. The van der Waals surface area contributed by atoms with Crippen molar-refractivity contribution < 1.29 is 9.53 Å². The van der Waals surface area contributed by atoms with Gasteiger partial charge in [0, 0.05) is 10.9 Å². The molecule has 0 bridgehead atoms. The third-order valence-electron chi connectivity index (χ3n) is 7.74. The van der Waals surface area contributed by atoms with Crippen molar-refractivity contribution in [2.45, 2.75) is 77.0 Å². The van der Waals surface area contributed by atoms with Crippen LogP contribution in [0.5, 0.6) is 0 Å². The maximum Gasteiger partial charge on any atom is 0.411 e. The molecule has 0 atom stereocenters. The Labute approximate surface area is 228 Å². The summed E-state index contributed by atoms with van der Waals surface area (Å²) in [5.41, 5.74) is 2.83. The van der Waals surface area contributed by atoms with Crippen LogP contribution in [0.4, 0.5) is 4.79 Å². The van der Waals surface area contributed by atoms with E-state index in [1.54, 1.807) is 4.90 Å². The maximum absolute atomic E-state index is 13.1. The smallest absolute Gasteiger partial charge is 0.411 e. The zero-order chi connectivity index (χ0) is 26.4. The highest BCUT2D eigenvalue weighted by atomic mass is 35.5. The molecule has 0 saturated heterocycles. The number of amides is 1. The zero-order valence-electron chi connectivity index (χ0n) is 22.2. The number of ether oxygens (including phenoxy) is 1. The highest BCUT2D eigenvalue weighted by molar-refractivity contribution is 6.30. The number of nitrogens with zero attached hydrogens (tertiary/aromatic N) is 4. The molecule has 7 heteroatoms. The van der Waals surface area contributed by atoms with Crippen LogP contribution in [-0.4, -0.2) is 31.4 Å². The zero-order valence-corrected chi connectivity index (χ0v) is 22.9. The average Bonchev–Trinajstić information content (AvgIpc) is 3.23. The predicted molar refractivity (Wildman–Crippen MR) is 150 cm³/mol. The van der Waals surface area contributed by atoms with Crippen LogP contribution >= 0.6 is 11.6 Å². The van der Waals surface area contributed by atoms with Gasteiger partial charge in [0.15, 0.2) is 5.82 Å². The van der Waals surface area contributed by atoms with Gasteiger partial charge in [-0.2, -0.15) is 0 Å². The van der Waals surface area contributed by atoms with Gasteiger partial charge in [-0.3, -0.25) is 9.47 Å². The summed E-state index contributed by atoms with van der Waals surface area (Å²) in [6.45, 7) is 6.37. The molecule has 0 spiro atoms. The summed E-state index contributed by atoms with van der Waals surface area (Å²) < 4.78 is 7.86. The van der Waals surface area contributed by atoms with Gasteiger partial charge in [0.1, 0.15) is 11.4 Å². The van der Waals surface area contributed by atoms with E-state index in [2.05, 4.69) is 52.1 Å². The van der Waals surface area contributed by atoms with Gasteiger partial charge in [0.25, 0.3) is 0 Å². The van der Waals surface area contributed by atoms with Gasteiger partial charge in [-0.25, -0.2) is 4.79 Å². The largest absolute Gasteiger partial charge is 0.444 e. The monoisotopic (exact) mass is 528 g/mol. The number of carbonyl (C=O) groups excluding carboxylic acids is 1. The molecule has 1 aromatic heterocycles. The summed E-state index contributed by atoms with van der Waals surface area (Å²) in [4.78, 5) is 14.7. The van der Waals surface area contributed by atoms with E-state index in [-0.39, 0.29) is 6.09 Å². The van der Waals surface area contributed by atoms with Crippen molar-refractivity contribution in [1.82, 2.24) is 19.7 Å². The van der Waals surface area contributed by atoms with Crippen LogP contribution in [0.15, 0.2) is 60.7 Å². The molecule has 6 nitrogen and oxygen atoms in total. The number of aromatic nitrogens is 3. The molecule has 1 aliphatic carbocycles. The molecule has 0 radical (unpaired) electrons. The number of carbonyl (C=O) groups is 1. The second-order valence-corrected chi connectivity index (χ2v) is 12.0. The van der Waals surface area contributed by atoms with E-state index in [0.29, 0.717) is 29.9 Å². The van der Waals surface area contributed by atoms with Crippen LogP contribution in [0.25, 0.3) is 16.5 Å². The first kappa shape index (κ1) is 24.9. The molecule has 1 fully saturated rings. The van der Waals surface area contributed by atoms with Crippen molar-refractivity contribution in [3.8, 4) is 5.69 Å². The minimum absolute atomic E-state index is 0.305. The van der Waals surface area contributed by atoms with Crippen molar-refractivity contribution in [3.63, 3.8) is 0 Å². The predicted octanol–water partition coefficient (Wildman–Crippen LogP) is 7.77. The van der Waals surface area contributed by atoms with E-state index in [9.17, 15) is 4.79 Å². The Kier molecular flexibility index (Phi) is 6.39. The standard InChI is InChI=1S/C31H33ClN4O2/c1-31(2,3)38-30(37)35-18-23-17-24(32)15-16-27(23)36-28(19-35)33-34-29(36)22-13-11-21(12-14-22)26-10-6-8-20-7-4-5-9-25(20)26/h4-10,15-17,21-22H,11-14,18-19H2,1-3H3/t21-,22-. The van der Waals surface area contributed by atoms with Crippen LogP contribution < -0.4 is 0 Å². The molecule has 3 aromatic carbocycles. The molecule has 4 aromatic rings. The number of hydrogen-bond donors (Lipinski definition) is 0. The molecule has 6 rings (SSSR count). The third kappa shape index (κ3) is 4.78. The van der Waals surface area contributed by atoms with Gasteiger partial charge >= 0.3 is 6.09 Å². The molecule has 1 saturated carbocycles. The molecule has 0 unspecified atom stereocenters. The van der Waals surface area contributed by atoms with Crippen LogP contribution in [0.3, 0.4) is 0 Å². The lowest BCUT2D eigenvalue weighted by Crippen LogP contribution is -2.35. The fourth-order valence-corrected chi connectivity index (χ4v) is 6.21. The van der Waals surface area contributed by atoms with Gasteiger partial charge in [-0.05, 0) is 92.5 Å². The normalized spacial score (nSPS) is 19.5. The van der Waals surface area contributed by atoms with Gasteiger partial charge < -0.3 is 4.74 Å². The summed E-state index contributed by atoms with van der Waals surface area (Å²) in [6.07, 6.45) is 3.95.